The van der Waals surface area contributed by atoms with Gasteiger partial charge in [-0.1, -0.05) is 38.4 Å². The van der Waals surface area contributed by atoms with Crippen LogP contribution in [0, 0.1) is 5.92 Å². The third-order valence-corrected chi connectivity index (χ3v) is 3.85. The molecule has 0 spiro atoms. The molecule has 1 aromatic carbocycles. The van der Waals surface area contributed by atoms with Gasteiger partial charge in [0.1, 0.15) is 0 Å². The predicted octanol–water partition coefficient (Wildman–Crippen LogP) is 3.93. The average molecular weight is 269 g/mol. The SMILES string of the molecule is CCNCc1ccc(N(C)C(C)C(C)C)c(Cl)c1. The van der Waals surface area contributed by atoms with Crippen LogP contribution in [0.25, 0.3) is 0 Å². The van der Waals surface area contributed by atoms with Gasteiger partial charge in [0.05, 0.1) is 10.7 Å². The Balaban J connectivity index is 2.84. The molecule has 0 saturated heterocycles. The number of rotatable bonds is 6. The summed E-state index contributed by atoms with van der Waals surface area (Å²) in [6.45, 7) is 10.6. The highest BCUT2D eigenvalue weighted by atomic mass is 35.5. The van der Waals surface area contributed by atoms with Crippen LogP contribution < -0.4 is 10.2 Å². The first-order valence-corrected chi connectivity index (χ1v) is 7.07. The lowest BCUT2D eigenvalue weighted by Gasteiger charge is -2.30. The van der Waals surface area contributed by atoms with Gasteiger partial charge < -0.3 is 10.2 Å². The molecule has 1 unspecified atom stereocenters. The molecule has 102 valence electrons. The molecule has 0 bridgehead atoms. The van der Waals surface area contributed by atoms with Crippen LogP contribution in [0.15, 0.2) is 18.2 Å². The summed E-state index contributed by atoms with van der Waals surface area (Å²) in [5.41, 5.74) is 2.34. The summed E-state index contributed by atoms with van der Waals surface area (Å²) < 4.78 is 0. The van der Waals surface area contributed by atoms with E-state index in [2.05, 4.69) is 63.2 Å². The van der Waals surface area contributed by atoms with Crippen LogP contribution in [-0.2, 0) is 6.54 Å². The Morgan fingerprint density at radius 1 is 1.28 bits per heavy atom. The largest absolute Gasteiger partial charge is 0.370 e. The third kappa shape index (κ3) is 3.89. The fraction of sp³-hybridized carbons (Fsp3) is 0.600. The molecule has 0 aromatic heterocycles. The average Bonchev–Trinajstić information content (AvgIpc) is 2.34. The fourth-order valence-electron chi connectivity index (χ4n) is 1.88. The summed E-state index contributed by atoms with van der Waals surface area (Å²) in [5.74, 6) is 0.604. The molecule has 0 aliphatic heterocycles. The second-order valence-corrected chi connectivity index (χ2v) is 5.57. The van der Waals surface area contributed by atoms with Crippen molar-refractivity contribution in [2.24, 2.45) is 5.92 Å². The maximum Gasteiger partial charge on any atom is 0.0642 e. The van der Waals surface area contributed by atoms with E-state index in [1.165, 1.54) is 5.56 Å². The number of halogens is 1. The maximum absolute atomic E-state index is 6.38. The zero-order chi connectivity index (χ0) is 13.7. The second-order valence-electron chi connectivity index (χ2n) is 5.16. The first-order valence-electron chi connectivity index (χ1n) is 6.69. The van der Waals surface area contributed by atoms with Gasteiger partial charge in [-0.05, 0) is 37.1 Å². The molecule has 0 heterocycles. The number of benzene rings is 1. The van der Waals surface area contributed by atoms with E-state index in [0.29, 0.717) is 12.0 Å². The number of nitrogens with zero attached hydrogens (tertiary/aromatic N) is 1. The van der Waals surface area contributed by atoms with E-state index in [-0.39, 0.29) is 0 Å². The van der Waals surface area contributed by atoms with Crippen molar-refractivity contribution in [2.45, 2.75) is 40.3 Å². The van der Waals surface area contributed by atoms with Crippen molar-refractivity contribution in [3.8, 4) is 0 Å². The zero-order valence-electron chi connectivity index (χ0n) is 12.1. The van der Waals surface area contributed by atoms with Gasteiger partial charge >= 0.3 is 0 Å². The lowest BCUT2D eigenvalue weighted by molar-refractivity contribution is 0.505. The van der Waals surface area contributed by atoms with Gasteiger partial charge in [0.2, 0.25) is 0 Å². The Bertz CT molecular complexity index is 377. The molecule has 0 fully saturated rings. The molecule has 1 atom stereocenters. The Kier molecular flexibility index (Phi) is 5.97. The highest BCUT2D eigenvalue weighted by Gasteiger charge is 2.16. The van der Waals surface area contributed by atoms with Crippen LogP contribution in [0.1, 0.15) is 33.3 Å². The quantitative estimate of drug-likeness (QED) is 0.841. The Morgan fingerprint density at radius 2 is 1.94 bits per heavy atom. The Hall–Kier alpha value is -0.730. The van der Waals surface area contributed by atoms with Crippen molar-refractivity contribution in [3.05, 3.63) is 28.8 Å². The van der Waals surface area contributed by atoms with E-state index in [4.69, 9.17) is 11.6 Å². The number of hydrogen-bond acceptors (Lipinski definition) is 2. The van der Waals surface area contributed by atoms with Gasteiger partial charge in [0.15, 0.2) is 0 Å². The molecular formula is C15H25ClN2. The predicted molar refractivity (Wildman–Crippen MR) is 81.5 cm³/mol. The third-order valence-electron chi connectivity index (χ3n) is 3.55. The minimum absolute atomic E-state index is 0.474. The molecule has 2 nitrogen and oxygen atoms in total. The van der Waals surface area contributed by atoms with Crippen LogP contribution in [-0.4, -0.2) is 19.6 Å². The Morgan fingerprint density at radius 3 is 2.44 bits per heavy atom. The summed E-state index contributed by atoms with van der Waals surface area (Å²) in [6, 6.07) is 6.80. The molecule has 3 heteroatoms. The molecule has 1 aromatic rings. The minimum atomic E-state index is 0.474. The lowest BCUT2D eigenvalue weighted by Crippen LogP contribution is -2.33. The van der Waals surface area contributed by atoms with Gasteiger partial charge in [-0.15, -0.1) is 0 Å². The van der Waals surface area contributed by atoms with Crippen LogP contribution >= 0.6 is 11.6 Å². The summed E-state index contributed by atoms with van der Waals surface area (Å²) in [4.78, 5) is 2.25. The smallest absolute Gasteiger partial charge is 0.0642 e. The van der Waals surface area contributed by atoms with Crippen LogP contribution in [0.2, 0.25) is 5.02 Å². The van der Waals surface area contributed by atoms with Gasteiger partial charge in [0, 0.05) is 19.6 Å². The molecule has 0 saturated carbocycles. The van der Waals surface area contributed by atoms with Gasteiger partial charge in [0.25, 0.3) is 0 Å². The van der Waals surface area contributed by atoms with E-state index in [9.17, 15) is 0 Å². The maximum atomic E-state index is 6.38. The molecule has 18 heavy (non-hydrogen) atoms. The van der Waals surface area contributed by atoms with Crippen molar-refractivity contribution >= 4 is 17.3 Å². The van der Waals surface area contributed by atoms with Gasteiger partial charge in [-0.2, -0.15) is 0 Å². The zero-order valence-corrected chi connectivity index (χ0v) is 12.9. The highest BCUT2D eigenvalue weighted by molar-refractivity contribution is 6.33. The lowest BCUT2D eigenvalue weighted by atomic mass is 10.0. The van der Waals surface area contributed by atoms with Crippen molar-refractivity contribution in [1.82, 2.24) is 5.32 Å². The highest BCUT2D eigenvalue weighted by Crippen LogP contribution is 2.28. The van der Waals surface area contributed by atoms with E-state index in [0.717, 1.165) is 23.8 Å². The molecule has 0 aliphatic carbocycles. The number of nitrogens with one attached hydrogen (secondary N) is 1. The summed E-state index contributed by atoms with van der Waals surface area (Å²) in [5, 5.41) is 4.14. The summed E-state index contributed by atoms with van der Waals surface area (Å²) >= 11 is 6.38. The van der Waals surface area contributed by atoms with Gasteiger partial charge in [-0.3, -0.25) is 0 Å². The topological polar surface area (TPSA) is 15.3 Å². The van der Waals surface area contributed by atoms with E-state index in [1.807, 2.05) is 0 Å². The van der Waals surface area contributed by atoms with E-state index >= 15 is 0 Å². The normalized spacial score (nSPS) is 12.8. The molecular weight excluding hydrogens is 244 g/mol. The van der Waals surface area contributed by atoms with Crippen LogP contribution in [0.3, 0.4) is 0 Å². The van der Waals surface area contributed by atoms with Crippen molar-refractivity contribution in [2.75, 3.05) is 18.5 Å². The van der Waals surface area contributed by atoms with Crippen molar-refractivity contribution in [3.63, 3.8) is 0 Å². The van der Waals surface area contributed by atoms with Crippen molar-refractivity contribution in [1.29, 1.82) is 0 Å². The summed E-state index contributed by atoms with van der Waals surface area (Å²) in [6.07, 6.45) is 0. The first kappa shape index (κ1) is 15.3. The standard InChI is InChI=1S/C15H25ClN2/c1-6-17-10-13-7-8-15(14(16)9-13)18(5)12(4)11(2)3/h7-9,11-12,17H,6,10H2,1-5H3. The number of anilines is 1. The minimum Gasteiger partial charge on any atom is -0.370 e. The van der Waals surface area contributed by atoms with Gasteiger partial charge in [-0.25, -0.2) is 0 Å². The second kappa shape index (κ2) is 7.01. The number of hydrogen-bond donors (Lipinski definition) is 1. The van der Waals surface area contributed by atoms with Crippen LogP contribution in [0.4, 0.5) is 5.69 Å². The molecule has 1 N–H and O–H groups in total. The first-order chi connectivity index (χ1) is 8.47. The van der Waals surface area contributed by atoms with Crippen LogP contribution in [0.5, 0.6) is 0 Å². The monoisotopic (exact) mass is 268 g/mol. The Labute approximate surface area is 116 Å². The fourth-order valence-corrected chi connectivity index (χ4v) is 2.22. The van der Waals surface area contributed by atoms with Crippen molar-refractivity contribution < 1.29 is 0 Å². The van der Waals surface area contributed by atoms with E-state index in [1.54, 1.807) is 0 Å². The molecule has 1 rings (SSSR count). The molecule has 0 radical (unpaired) electrons. The molecule has 0 amide bonds. The van der Waals surface area contributed by atoms with E-state index < -0.39 is 0 Å². The molecule has 0 aliphatic rings. The summed E-state index contributed by atoms with van der Waals surface area (Å²) in [7, 11) is 2.11.